The number of nitrogens with one attached hydrogen (secondary N) is 1. The van der Waals surface area contributed by atoms with Crippen molar-refractivity contribution in [2.45, 2.75) is 37.6 Å². The Hall–Kier alpha value is -1.36. The van der Waals surface area contributed by atoms with Crippen LogP contribution in [0.3, 0.4) is 0 Å². The smallest absolute Gasteiger partial charge is 0.329 e. The molecule has 0 aliphatic heterocycles. The van der Waals surface area contributed by atoms with Gasteiger partial charge in [0.15, 0.2) is 0 Å². The van der Waals surface area contributed by atoms with Gasteiger partial charge >= 0.3 is 5.97 Å². The standard InChI is InChI=1S/C11H14ClN3O2/c12-8-6-13-7-9(14-8)15-11(10(16)17)4-2-1-3-5-11/h6-7H,1-5H2,(H,14,15)(H,16,17). The molecule has 0 atom stereocenters. The van der Waals surface area contributed by atoms with Gasteiger partial charge in [-0.05, 0) is 12.8 Å². The molecule has 6 heteroatoms. The van der Waals surface area contributed by atoms with Crippen molar-refractivity contribution in [2.24, 2.45) is 0 Å². The summed E-state index contributed by atoms with van der Waals surface area (Å²) in [5.41, 5.74) is -0.919. The maximum Gasteiger partial charge on any atom is 0.329 e. The van der Waals surface area contributed by atoms with Gasteiger partial charge in [-0.3, -0.25) is 4.98 Å². The molecule has 0 amide bonds. The summed E-state index contributed by atoms with van der Waals surface area (Å²) >= 11 is 5.73. The van der Waals surface area contributed by atoms with E-state index >= 15 is 0 Å². The zero-order valence-corrected chi connectivity index (χ0v) is 10.1. The molecule has 92 valence electrons. The third-order valence-electron chi connectivity index (χ3n) is 3.09. The first-order valence-corrected chi connectivity index (χ1v) is 5.99. The van der Waals surface area contributed by atoms with E-state index in [1.165, 1.54) is 12.4 Å². The van der Waals surface area contributed by atoms with Gasteiger partial charge in [0.2, 0.25) is 0 Å². The van der Waals surface area contributed by atoms with E-state index in [-0.39, 0.29) is 5.15 Å². The van der Waals surface area contributed by atoms with Crippen LogP contribution in [-0.2, 0) is 4.79 Å². The molecule has 1 aromatic rings. The molecule has 0 radical (unpaired) electrons. The van der Waals surface area contributed by atoms with Gasteiger partial charge in [-0.2, -0.15) is 0 Å². The Bertz CT molecular complexity index is 419. The maximum atomic E-state index is 11.4. The zero-order chi connectivity index (χ0) is 12.3. The summed E-state index contributed by atoms with van der Waals surface area (Å²) in [7, 11) is 0. The van der Waals surface area contributed by atoms with E-state index in [9.17, 15) is 9.90 Å². The highest BCUT2D eigenvalue weighted by Crippen LogP contribution is 2.31. The number of rotatable bonds is 3. The Kier molecular flexibility index (Phi) is 3.47. The van der Waals surface area contributed by atoms with Crippen molar-refractivity contribution in [3.63, 3.8) is 0 Å². The van der Waals surface area contributed by atoms with Crippen LogP contribution in [0, 0.1) is 0 Å². The minimum absolute atomic E-state index is 0.256. The van der Waals surface area contributed by atoms with Crippen molar-refractivity contribution >= 4 is 23.4 Å². The summed E-state index contributed by atoms with van der Waals surface area (Å²) in [6, 6.07) is 0. The average Bonchev–Trinajstić information content (AvgIpc) is 2.30. The van der Waals surface area contributed by atoms with Crippen molar-refractivity contribution in [3.8, 4) is 0 Å². The minimum Gasteiger partial charge on any atom is -0.480 e. The van der Waals surface area contributed by atoms with Crippen molar-refractivity contribution < 1.29 is 9.90 Å². The second-order valence-electron chi connectivity index (χ2n) is 4.30. The first-order chi connectivity index (χ1) is 8.12. The lowest BCUT2D eigenvalue weighted by molar-refractivity contribution is -0.143. The zero-order valence-electron chi connectivity index (χ0n) is 9.32. The summed E-state index contributed by atoms with van der Waals surface area (Å²) in [5.74, 6) is -0.416. The summed E-state index contributed by atoms with van der Waals surface area (Å²) < 4.78 is 0. The molecular weight excluding hydrogens is 242 g/mol. The van der Waals surface area contributed by atoms with Crippen molar-refractivity contribution in [1.82, 2.24) is 9.97 Å². The van der Waals surface area contributed by atoms with Crippen molar-refractivity contribution in [2.75, 3.05) is 5.32 Å². The highest BCUT2D eigenvalue weighted by atomic mass is 35.5. The molecule has 1 heterocycles. The average molecular weight is 256 g/mol. The summed E-state index contributed by atoms with van der Waals surface area (Å²) in [4.78, 5) is 19.3. The molecule has 5 nitrogen and oxygen atoms in total. The predicted octanol–water partition coefficient (Wildman–Crippen LogP) is 2.33. The van der Waals surface area contributed by atoms with Gasteiger partial charge in [-0.15, -0.1) is 0 Å². The molecule has 0 spiro atoms. The number of carboxylic acids is 1. The predicted molar refractivity (Wildman–Crippen MR) is 64.1 cm³/mol. The lowest BCUT2D eigenvalue weighted by Crippen LogP contribution is -2.48. The van der Waals surface area contributed by atoms with Crippen LogP contribution >= 0.6 is 11.6 Å². The van der Waals surface area contributed by atoms with E-state index in [0.717, 1.165) is 19.3 Å². The van der Waals surface area contributed by atoms with Crippen LogP contribution in [0.5, 0.6) is 0 Å². The Morgan fingerprint density at radius 1 is 1.35 bits per heavy atom. The van der Waals surface area contributed by atoms with Crippen LogP contribution in [0.15, 0.2) is 12.4 Å². The van der Waals surface area contributed by atoms with E-state index in [0.29, 0.717) is 18.7 Å². The Labute approximate surface area is 104 Å². The molecule has 1 aliphatic rings. The Morgan fingerprint density at radius 3 is 2.65 bits per heavy atom. The number of hydrogen-bond donors (Lipinski definition) is 2. The summed E-state index contributed by atoms with van der Waals surface area (Å²) in [6.07, 6.45) is 7.03. The number of carbonyl (C=O) groups is 1. The van der Waals surface area contributed by atoms with Crippen molar-refractivity contribution in [1.29, 1.82) is 0 Å². The molecule has 0 unspecified atom stereocenters. The molecule has 17 heavy (non-hydrogen) atoms. The number of aromatic nitrogens is 2. The highest BCUT2D eigenvalue weighted by molar-refractivity contribution is 6.29. The SMILES string of the molecule is O=C(O)C1(Nc2cncc(Cl)n2)CCCCC1. The summed E-state index contributed by atoms with van der Waals surface area (Å²) in [5, 5.41) is 12.6. The third kappa shape index (κ3) is 2.66. The number of anilines is 1. The normalized spacial score (nSPS) is 18.6. The van der Waals surface area contributed by atoms with Crippen LogP contribution in [0.25, 0.3) is 0 Å². The van der Waals surface area contributed by atoms with E-state index in [1.807, 2.05) is 0 Å². The molecule has 1 fully saturated rings. The molecule has 2 rings (SSSR count). The third-order valence-corrected chi connectivity index (χ3v) is 3.27. The van der Waals surface area contributed by atoms with Crippen molar-refractivity contribution in [3.05, 3.63) is 17.5 Å². The molecule has 1 aliphatic carbocycles. The monoisotopic (exact) mass is 255 g/mol. The molecule has 0 aromatic carbocycles. The largest absolute Gasteiger partial charge is 0.480 e. The number of halogens is 1. The van der Waals surface area contributed by atoms with Gasteiger partial charge < -0.3 is 10.4 Å². The van der Waals surface area contributed by atoms with Gasteiger partial charge in [0, 0.05) is 0 Å². The lowest BCUT2D eigenvalue weighted by Gasteiger charge is -2.34. The fraction of sp³-hybridized carbons (Fsp3) is 0.545. The maximum absolute atomic E-state index is 11.4. The van der Waals surface area contributed by atoms with E-state index < -0.39 is 11.5 Å². The Balaban J connectivity index is 2.20. The molecule has 0 bridgehead atoms. The minimum atomic E-state index is -0.919. The Morgan fingerprint density at radius 2 is 2.06 bits per heavy atom. The molecule has 1 saturated carbocycles. The van der Waals surface area contributed by atoms with Gasteiger partial charge in [0.25, 0.3) is 0 Å². The fourth-order valence-corrected chi connectivity index (χ4v) is 2.34. The van der Waals surface area contributed by atoms with Crippen LogP contribution in [0.2, 0.25) is 5.15 Å². The van der Waals surface area contributed by atoms with E-state index in [1.54, 1.807) is 0 Å². The van der Waals surface area contributed by atoms with Gasteiger partial charge in [-0.25, -0.2) is 9.78 Å². The fourth-order valence-electron chi connectivity index (χ4n) is 2.20. The highest BCUT2D eigenvalue weighted by Gasteiger charge is 2.39. The van der Waals surface area contributed by atoms with Gasteiger partial charge in [-0.1, -0.05) is 30.9 Å². The van der Waals surface area contributed by atoms with Crippen LogP contribution in [0.4, 0.5) is 5.82 Å². The van der Waals surface area contributed by atoms with Crippen LogP contribution in [-0.4, -0.2) is 26.6 Å². The molecular formula is C11H14ClN3O2. The van der Waals surface area contributed by atoms with Gasteiger partial charge in [0.05, 0.1) is 12.4 Å². The van der Waals surface area contributed by atoms with Gasteiger partial charge in [0.1, 0.15) is 16.5 Å². The first-order valence-electron chi connectivity index (χ1n) is 5.61. The molecule has 1 aromatic heterocycles. The second kappa shape index (κ2) is 4.87. The first kappa shape index (κ1) is 12.1. The summed E-state index contributed by atoms with van der Waals surface area (Å²) in [6.45, 7) is 0. The molecule has 2 N–H and O–H groups in total. The lowest BCUT2D eigenvalue weighted by atomic mass is 9.81. The quantitative estimate of drug-likeness (QED) is 0.867. The topological polar surface area (TPSA) is 75.1 Å². The number of carboxylic acid groups (broad SMARTS) is 1. The second-order valence-corrected chi connectivity index (χ2v) is 4.69. The van der Waals surface area contributed by atoms with Crippen LogP contribution in [0.1, 0.15) is 32.1 Å². The number of nitrogens with zero attached hydrogens (tertiary/aromatic N) is 2. The molecule has 0 saturated heterocycles. The van der Waals surface area contributed by atoms with E-state index in [4.69, 9.17) is 11.6 Å². The van der Waals surface area contributed by atoms with E-state index in [2.05, 4.69) is 15.3 Å². The number of hydrogen-bond acceptors (Lipinski definition) is 4. The number of aliphatic carboxylic acids is 1. The van der Waals surface area contributed by atoms with Crippen LogP contribution < -0.4 is 5.32 Å².